The van der Waals surface area contributed by atoms with E-state index in [9.17, 15) is 9.59 Å². The van der Waals surface area contributed by atoms with Crippen LogP contribution >= 0.6 is 11.3 Å². The highest BCUT2D eigenvalue weighted by molar-refractivity contribution is 7.16. The Kier molecular flexibility index (Phi) is 5.15. The van der Waals surface area contributed by atoms with E-state index < -0.39 is 12.1 Å². The number of aryl methyl sites for hydroxylation is 1. The lowest BCUT2D eigenvalue weighted by molar-refractivity contribution is 0.0601. The van der Waals surface area contributed by atoms with Gasteiger partial charge in [-0.2, -0.15) is 0 Å². The second-order valence-electron chi connectivity index (χ2n) is 3.74. The molecule has 100 valence electrons. The molecule has 0 radical (unpaired) electrons. The first-order valence-corrected chi connectivity index (χ1v) is 6.45. The molecule has 0 aliphatic carbocycles. The molecule has 0 aliphatic heterocycles. The summed E-state index contributed by atoms with van der Waals surface area (Å²) in [6.45, 7) is 5.96. The molecular formula is C12H17NO4S. The largest absolute Gasteiger partial charge is 0.465 e. The number of hydrogen-bond acceptors (Lipinski definition) is 5. The number of esters is 1. The van der Waals surface area contributed by atoms with Gasteiger partial charge in [0.05, 0.1) is 19.3 Å². The van der Waals surface area contributed by atoms with Crippen LogP contribution in [0.15, 0.2) is 0 Å². The first-order valence-electron chi connectivity index (χ1n) is 5.63. The molecule has 0 aromatic carbocycles. The molecular weight excluding hydrogens is 254 g/mol. The molecule has 5 nitrogen and oxygen atoms in total. The molecule has 1 heterocycles. The zero-order chi connectivity index (χ0) is 13.7. The number of nitrogens with one attached hydrogen (secondary N) is 1. The number of anilines is 1. The second-order valence-corrected chi connectivity index (χ2v) is 4.96. The maximum Gasteiger partial charge on any atom is 0.412 e. The third-order valence-corrected chi connectivity index (χ3v) is 3.55. The topological polar surface area (TPSA) is 64.6 Å². The number of carbonyl (C=O) groups is 2. The van der Waals surface area contributed by atoms with Crippen molar-refractivity contribution in [2.45, 2.75) is 27.2 Å². The summed E-state index contributed by atoms with van der Waals surface area (Å²) in [5.41, 5.74) is 1.21. The SMILES string of the molecule is CCCOC(=O)Nc1sc(C)c(C)c1C(=O)OC. The minimum atomic E-state index is -0.553. The minimum Gasteiger partial charge on any atom is -0.465 e. The van der Waals surface area contributed by atoms with Crippen LogP contribution in [0.4, 0.5) is 9.80 Å². The van der Waals surface area contributed by atoms with Gasteiger partial charge in [0.1, 0.15) is 5.00 Å². The first-order chi connectivity index (χ1) is 8.51. The van der Waals surface area contributed by atoms with Gasteiger partial charge in [0.15, 0.2) is 0 Å². The van der Waals surface area contributed by atoms with Crippen LogP contribution in [0.1, 0.15) is 34.1 Å². The van der Waals surface area contributed by atoms with Crippen molar-refractivity contribution >= 4 is 28.4 Å². The van der Waals surface area contributed by atoms with Crippen molar-refractivity contribution in [2.24, 2.45) is 0 Å². The molecule has 0 saturated carbocycles. The van der Waals surface area contributed by atoms with Gasteiger partial charge in [-0.05, 0) is 25.8 Å². The maximum absolute atomic E-state index is 11.7. The van der Waals surface area contributed by atoms with E-state index in [1.165, 1.54) is 18.4 Å². The normalized spacial score (nSPS) is 10.0. The Hall–Kier alpha value is -1.56. The molecule has 1 aromatic heterocycles. The van der Waals surface area contributed by atoms with Crippen LogP contribution in [-0.4, -0.2) is 25.8 Å². The lowest BCUT2D eigenvalue weighted by atomic mass is 10.1. The van der Waals surface area contributed by atoms with Crippen LogP contribution in [0.5, 0.6) is 0 Å². The average Bonchev–Trinajstić information content (AvgIpc) is 2.61. The monoisotopic (exact) mass is 271 g/mol. The van der Waals surface area contributed by atoms with Crippen LogP contribution in [-0.2, 0) is 9.47 Å². The van der Waals surface area contributed by atoms with E-state index in [-0.39, 0.29) is 0 Å². The Morgan fingerprint density at radius 2 is 2.00 bits per heavy atom. The van der Waals surface area contributed by atoms with Crippen molar-refractivity contribution in [3.63, 3.8) is 0 Å². The number of methoxy groups -OCH3 is 1. The highest BCUT2D eigenvalue weighted by Gasteiger charge is 2.21. The van der Waals surface area contributed by atoms with Gasteiger partial charge in [-0.15, -0.1) is 11.3 Å². The molecule has 1 N–H and O–H groups in total. The molecule has 0 unspecified atom stereocenters. The zero-order valence-corrected chi connectivity index (χ0v) is 11.8. The fourth-order valence-electron chi connectivity index (χ4n) is 1.39. The highest BCUT2D eigenvalue weighted by Crippen LogP contribution is 2.32. The number of thiophene rings is 1. The Labute approximate surface area is 110 Å². The molecule has 1 amide bonds. The van der Waals surface area contributed by atoms with E-state index in [0.717, 1.165) is 16.9 Å². The predicted octanol–water partition coefficient (Wildman–Crippen LogP) is 3.11. The van der Waals surface area contributed by atoms with Gasteiger partial charge in [0.2, 0.25) is 0 Å². The van der Waals surface area contributed by atoms with Crippen molar-refractivity contribution in [3.05, 3.63) is 16.0 Å². The van der Waals surface area contributed by atoms with Crippen molar-refractivity contribution < 1.29 is 19.1 Å². The summed E-state index contributed by atoms with van der Waals surface area (Å²) in [4.78, 5) is 24.1. The summed E-state index contributed by atoms with van der Waals surface area (Å²) in [5, 5.41) is 3.05. The summed E-state index contributed by atoms with van der Waals surface area (Å²) in [7, 11) is 1.31. The fourth-order valence-corrected chi connectivity index (χ4v) is 2.42. The molecule has 0 spiro atoms. The van der Waals surface area contributed by atoms with Crippen LogP contribution < -0.4 is 5.32 Å². The van der Waals surface area contributed by atoms with E-state index in [1.807, 2.05) is 20.8 Å². The lowest BCUT2D eigenvalue weighted by Gasteiger charge is -2.06. The molecule has 1 aromatic rings. The number of ether oxygens (including phenoxy) is 2. The smallest absolute Gasteiger partial charge is 0.412 e. The molecule has 18 heavy (non-hydrogen) atoms. The fraction of sp³-hybridized carbons (Fsp3) is 0.500. The second kappa shape index (κ2) is 6.39. The van der Waals surface area contributed by atoms with E-state index >= 15 is 0 Å². The lowest BCUT2D eigenvalue weighted by Crippen LogP contribution is -2.15. The minimum absolute atomic E-state index is 0.350. The highest BCUT2D eigenvalue weighted by atomic mass is 32.1. The Bertz CT molecular complexity index is 453. The predicted molar refractivity (Wildman–Crippen MR) is 70.4 cm³/mol. The molecule has 0 atom stereocenters. The van der Waals surface area contributed by atoms with E-state index in [1.54, 1.807) is 0 Å². The zero-order valence-electron chi connectivity index (χ0n) is 11.0. The van der Waals surface area contributed by atoms with Gasteiger partial charge in [-0.25, -0.2) is 9.59 Å². The molecule has 6 heteroatoms. The van der Waals surface area contributed by atoms with Gasteiger partial charge in [-0.1, -0.05) is 6.92 Å². The summed E-state index contributed by atoms with van der Waals surface area (Å²) in [6, 6.07) is 0. The van der Waals surface area contributed by atoms with E-state index in [4.69, 9.17) is 9.47 Å². The Morgan fingerprint density at radius 3 is 2.56 bits per heavy atom. The molecule has 1 rings (SSSR count). The third-order valence-electron chi connectivity index (χ3n) is 2.43. The quantitative estimate of drug-likeness (QED) is 0.854. The van der Waals surface area contributed by atoms with Crippen molar-refractivity contribution in [1.29, 1.82) is 0 Å². The maximum atomic E-state index is 11.7. The number of amides is 1. The molecule has 0 fully saturated rings. The average molecular weight is 271 g/mol. The van der Waals surface area contributed by atoms with Gasteiger partial charge in [-0.3, -0.25) is 5.32 Å². The number of carbonyl (C=O) groups excluding carboxylic acids is 2. The summed E-state index contributed by atoms with van der Waals surface area (Å²) >= 11 is 1.33. The summed E-state index contributed by atoms with van der Waals surface area (Å²) in [5.74, 6) is -0.456. The third kappa shape index (κ3) is 3.22. The summed E-state index contributed by atoms with van der Waals surface area (Å²) in [6.07, 6.45) is 0.197. The van der Waals surface area contributed by atoms with Crippen LogP contribution in [0.3, 0.4) is 0 Å². The standard InChI is InChI=1S/C12H17NO4S/c1-5-6-17-12(15)13-10-9(11(14)16-4)7(2)8(3)18-10/h5-6H2,1-4H3,(H,13,15). The summed E-state index contributed by atoms with van der Waals surface area (Å²) < 4.78 is 9.63. The Morgan fingerprint density at radius 1 is 1.33 bits per heavy atom. The van der Waals surface area contributed by atoms with Gasteiger partial charge in [0.25, 0.3) is 0 Å². The van der Waals surface area contributed by atoms with Crippen molar-refractivity contribution in [2.75, 3.05) is 19.0 Å². The first kappa shape index (κ1) is 14.5. The molecule has 0 aliphatic rings. The van der Waals surface area contributed by atoms with Crippen molar-refractivity contribution in [3.8, 4) is 0 Å². The molecule has 0 saturated heterocycles. The van der Waals surface area contributed by atoms with Crippen LogP contribution in [0.25, 0.3) is 0 Å². The van der Waals surface area contributed by atoms with E-state index in [2.05, 4.69) is 5.32 Å². The van der Waals surface area contributed by atoms with Crippen LogP contribution in [0.2, 0.25) is 0 Å². The van der Waals surface area contributed by atoms with Crippen molar-refractivity contribution in [1.82, 2.24) is 0 Å². The van der Waals surface area contributed by atoms with Crippen LogP contribution in [0, 0.1) is 13.8 Å². The van der Waals surface area contributed by atoms with Gasteiger partial charge in [0, 0.05) is 4.88 Å². The van der Waals surface area contributed by atoms with Gasteiger partial charge >= 0.3 is 12.1 Å². The van der Waals surface area contributed by atoms with Gasteiger partial charge < -0.3 is 9.47 Å². The molecule has 0 bridgehead atoms. The number of hydrogen-bond donors (Lipinski definition) is 1. The van der Waals surface area contributed by atoms with E-state index in [0.29, 0.717) is 17.2 Å². The number of rotatable bonds is 4. The Balaban J connectivity index is 2.91.